The van der Waals surface area contributed by atoms with Gasteiger partial charge in [0.25, 0.3) is 5.91 Å². The maximum Gasteiger partial charge on any atom is 0.328 e. The number of benzene rings is 1. The average Bonchev–Trinajstić information content (AvgIpc) is 2.94. The summed E-state index contributed by atoms with van der Waals surface area (Å²) in [5, 5.41) is 11.2. The third-order valence-electron chi connectivity index (χ3n) is 3.66. The number of nitrogens with one attached hydrogen (secondary N) is 1. The number of amides is 1. The van der Waals surface area contributed by atoms with Crippen molar-refractivity contribution in [2.24, 2.45) is 5.92 Å². The molecule has 0 aliphatic carbocycles. The second kappa shape index (κ2) is 8.11. The first-order chi connectivity index (χ1) is 11.8. The highest BCUT2D eigenvalue weighted by Crippen LogP contribution is 2.17. The topological polar surface area (TPSA) is 86.1 Å². The summed E-state index contributed by atoms with van der Waals surface area (Å²) < 4.78 is 6.53. The molecule has 2 rings (SSSR count). The molecule has 25 heavy (non-hydrogen) atoms. The second-order valence-corrected chi connectivity index (χ2v) is 6.30. The molecule has 134 valence electrons. The van der Waals surface area contributed by atoms with E-state index in [1.54, 1.807) is 32.0 Å². The number of carbonyl (C=O) groups is 2. The second-order valence-electron chi connectivity index (χ2n) is 5.86. The molecule has 1 amide bonds. The largest absolute Gasteiger partial charge is 0.464 e. The molecule has 0 bridgehead atoms. The Morgan fingerprint density at radius 3 is 2.68 bits per heavy atom. The minimum absolute atomic E-state index is 0.119. The molecule has 1 aromatic heterocycles. The van der Waals surface area contributed by atoms with Crippen molar-refractivity contribution in [2.45, 2.75) is 33.7 Å². The summed E-state index contributed by atoms with van der Waals surface area (Å²) in [5.41, 5.74) is 1.39. The van der Waals surface area contributed by atoms with Gasteiger partial charge in [-0.05, 0) is 38.0 Å². The van der Waals surface area contributed by atoms with E-state index in [0.29, 0.717) is 16.4 Å². The highest BCUT2D eigenvalue weighted by molar-refractivity contribution is 6.30. The van der Waals surface area contributed by atoms with E-state index in [4.69, 9.17) is 16.3 Å². The van der Waals surface area contributed by atoms with Crippen LogP contribution in [0.3, 0.4) is 0 Å². The summed E-state index contributed by atoms with van der Waals surface area (Å²) in [6, 6.07) is 6.32. The first kappa shape index (κ1) is 18.9. The highest BCUT2D eigenvalue weighted by Gasteiger charge is 2.28. The Bertz CT molecular complexity index is 773. The van der Waals surface area contributed by atoms with Gasteiger partial charge in [0.1, 0.15) is 6.04 Å². The van der Waals surface area contributed by atoms with Crippen LogP contribution in [-0.4, -0.2) is 39.5 Å². The number of hydrogen-bond donors (Lipinski definition) is 1. The van der Waals surface area contributed by atoms with Gasteiger partial charge in [-0.3, -0.25) is 4.79 Å². The van der Waals surface area contributed by atoms with Crippen molar-refractivity contribution < 1.29 is 14.3 Å². The molecular formula is C17H21ClN4O3. The van der Waals surface area contributed by atoms with Gasteiger partial charge in [-0.1, -0.05) is 36.7 Å². The van der Waals surface area contributed by atoms with Crippen LogP contribution in [0.5, 0.6) is 0 Å². The molecule has 1 unspecified atom stereocenters. The van der Waals surface area contributed by atoms with Gasteiger partial charge in [0.15, 0.2) is 5.69 Å². The number of esters is 1. The van der Waals surface area contributed by atoms with Gasteiger partial charge < -0.3 is 10.1 Å². The number of aromatic nitrogens is 3. The first-order valence-electron chi connectivity index (χ1n) is 8.00. The maximum atomic E-state index is 12.5. The number of ether oxygens (including phenoxy) is 1. The van der Waals surface area contributed by atoms with E-state index in [0.717, 1.165) is 0 Å². The molecule has 0 saturated carbocycles. The molecule has 1 heterocycles. The van der Waals surface area contributed by atoms with E-state index in [1.165, 1.54) is 4.68 Å². The Morgan fingerprint density at radius 1 is 1.36 bits per heavy atom. The lowest BCUT2D eigenvalue weighted by Crippen LogP contribution is -2.45. The first-order valence-corrected chi connectivity index (χ1v) is 8.38. The summed E-state index contributed by atoms with van der Waals surface area (Å²) in [6.07, 6.45) is 0. The zero-order chi connectivity index (χ0) is 18.6. The number of carbonyl (C=O) groups excluding carboxylic acids is 2. The van der Waals surface area contributed by atoms with Gasteiger partial charge >= 0.3 is 5.97 Å². The average molecular weight is 365 g/mol. The van der Waals surface area contributed by atoms with E-state index in [9.17, 15) is 9.59 Å². The predicted molar refractivity (Wildman–Crippen MR) is 93.8 cm³/mol. The van der Waals surface area contributed by atoms with Crippen molar-refractivity contribution >= 4 is 23.5 Å². The normalized spacial score (nSPS) is 12.1. The Kier molecular flexibility index (Phi) is 6.14. The zero-order valence-electron chi connectivity index (χ0n) is 14.6. The monoisotopic (exact) mass is 364 g/mol. The van der Waals surface area contributed by atoms with Gasteiger partial charge in [-0.15, -0.1) is 5.10 Å². The van der Waals surface area contributed by atoms with E-state index in [2.05, 4.69) is 15.6 Å². The number of hydrogen-bond acceptors (Lipinski definition) is 5. The minimum Gasteiger partial charge on any atom is -0.464 e. The molecule has 0 fully saturated rings. The molecule has 0 radical (unpaired) electrons. The third-order valence-corrected chi connectivity index (χ3v) is 3.89. The lowest BCUT2D eigenvalue weighted by atomic mass is 10.0. The van der Waals surface area contributed by atoms with Gasteiger partial charge in [-0.25, -0.2) is 9.48 Å². The van der Waals surface area contributed by atoms with Crippen LogP contribution in [0.1, 0.15) is 37.0 Å². The molecule has 8 heteroatoms. The number of halogens is 1. The van der Waals surface area contributed by atoms with Crippen LogP contribution in [0.2, 0.25) is 5.02 Å². The molecule has 1 aromatic carbocycles. The molecule has 1 N–H and O–H groups in total. The molecule has 0 saturated heterocycles. The Balaban J connectivity index is 2.24. The zero-order valence-corrected chi connectivity index (χ0v) is 15.4. The van der Waals surface area contributed by atoms with E-state index >= 15 is 0 Å². The quantitative estimate of drug-likeness (QED) is 0.796. The fraction of sp³-hybridized carbons (Fsp3) is 0.412. The molecular weight excluding hydrogens is 344 g/mol. The van der Waals surface area contributed by atoms with Gasteiger partial charge in [0.2, 0.25) is 0 Å². The van der Waals surface area contributed by atoms with Gasteiger partial charge in [0, 0.05) is 5.02 Å². The molecule has 0 aliphatic rings. The van der Waals surface area contributed by atoms with Gasteiger partial charge in [-0.2, -0.15) is 0 Å². The van der Waals surface area contributed by atoms with Crippen molar-refractivity contribution in [3.63, 3.8) is 0 Å². The molecule has 7 nitrogen and oxygen atoms in total. The van der Waals surface area contributed by atoms with E-state index in [-0.39, 0.29) is 18.2 Å². The Morgan fingerprint density at radius 2 is 2.08 bits per heavy atom. The van der Waals surface area contributed by atoms with Crippen LogP contribution in [0.4, 0.5) is 0 Å². The predicted octanol–water partition coefficient (Wildman–Crippen LogP) is 2.55. The summed E-state index contributed by atoms with van der Waals surface area (Å²) in [4.78, 5) is 24.5. The standard InChI is InChI=1S/C17H21ClN4O3/c1-5-25-17(24)14(10(2)3)19-16(23)15-11(4)22(21-20-15)13-8-6-7-12(18)9-13/h6-10,14H,5H2,1-4H3,(H,19,23). The van der Waals surface area contributed by atoms with Crippen molar-refractivity contribution in [3.05, 3.63) is 40.7 Å². The van der Waals surface area contributed by atoms with Crippen LogP contribution in [0.25, 0.3) is 5.69 Å². The summed E-state index contributed by atoms with van der Waals surface area (Å²) in [6.45, 7) is 7.36. The molecule has 2 aromatic rings. The smallest absolute Gasteiger partial charge is 0.328 e. The fourth-order valence-corrected chi connectivity index (χ4v) is 2.52. The van der Waals surface area contributed by atoms with E-state index < -0.39 is 17.9 Å². The van der Waals surface area contributed by atoms with Crippen LogP contribution >= 0.6 is 11.6 Å². The lowest BCUT2D eigenvalue weighted by Gasteiger charge is -2.20. The van der Waals surface area contributed by atoms with Crippen LogP contribution in [-0.2, 0) is 9.53 Å². The van der Waals surface area contributed by atoms with Gasteiger partial charge in [0.05, 0.1) is 18.0 Å². The van der Waals surface area contributed by atoms with Crippen LogP contribution in [0, 0.1) is 12.8 Å². The number of nitrogens with zero attached hydrogens (tertiary/aromatic N) is 3. The lowest BCUT2D eigenvalue weighted by molar-refractivity contribution is -0.146. The summed E-state index contributed by atoms with van der Waals surface area (Å²) >= 11 is 5.99. The summed E-state index contributed by atoms with van der Waals surface area (Å²) in [7, 11) is 0. The maximum absolute atomic E-state index is 12.5. The molecule has 0 spiro atoms. The SMILES string of the molecule is CCOC(=O)C(NC(=O)c1nnn(-c2cccc(Cl)c2)c1C)C(C)C. The summed E-state index contributed by atoms with van der Waals surface area (Å²) in [5.74, 6) is -1.06. The Labute approximate surface area is 151 Å². The minimum atomic E-state index is -0.747. The Hall–Kier alpha value is -2.41. The fourth-order valence-electron chi connectivity index (χ4n) is 2.33. The molecule has 0 aliphatic heterocycles. The third kappa shape index (κ3) is 4.36. The van der Waals surface area contributed by atoms with Crippen LogP contribution < -0.4 is 5.32 Å². The highest BCUT2D eigenvalue weighted by atomic mass is 35.5. The van der Waals surface area contributed by atoms with Crippen molar-refractivity contribution in [3.8, 4) is 5.69 Å². The van der Waals surface area contributed by atoms with E-state index in [1.807, 2.05) is 19.9 Å². The number of rotatable bonds is 6. The molecule has 1 atom stereocenters. The van der Waals surface area contributed by atoms with Crippen LogP contribution in [0.15, 0.2) is 24.3 Å². The van der Waals surface area contributed by atoms with Crippen molar-refractivity contribution in [1.29, 1.82) is 0 Å². The van der Waals surface area contributed by atoms with Crippen molar-refractivity contribution in [2.75, 3.05) is 6.61 Å². The van der Waals surface area contributed by atoms with Crippen molar-refractivity contribution in [1.82, 2.24) is 20.3 Å².